The van der Waals surface area contributed by atoms with E-state index in [9.17, 15) is 9.90 Å². The zero-order valence-electron chi connectivity index (χ0n) is 17.1. The van der Waals surface area contributed by atoms with Crippen LogP contribution in [-0.2, 0) is 6.54 Å². The van der Waals surface area contributed by atoms with Gasteiger partial charge < -0.3 is 19.2 Å². The average molecular weight is 394 g/mol. The molecule has 2 N–H and O–H groups in total. The minimum absolute atomic E-state index is 0.0685. The van der Waals surface area contributed by atoms with Crippen LogP contribution < -0.4 is 15.1 Å². The number of methoxy groups -OCH3 is 1. The van der Waals surface area contributed by atoms with Gasteiger partial charge in [0.15, 0.2) is 5.58 Å². The third-order valence-corrected chi connectivity index (χ3v) is 5.93. The molecule has 0 bridgehead atoms. The molecule has 1 aromatic heterocycles. The maximum absolute atomic E-state index is 13.3. The summed E-state index contributed by atoms with van der Waals surface area (Å²) in [4.78, 5) is 14.8. The predicted molar refractivity (Wildman–Crippen MR) is 114 cm³/mol. The van der Waals surface area contributed by atoms with Gasteiger partial charge in [-0.15, -0.1) is 0 Å². The van der Waals surface area contributed by atoms with Gasteiger partial charge in [-0.05, 0) is 62.4 Å². The lowest BCUT2D eigenvalue weighted by molar-refractivity contribution is -0.913. The fraction of sp³-hybridized carbons (Fsp3) is 0.375. The number of benzene rings is 2. The first-order valence-corrected chi connectivity index (χ1v) is 10.3. The van der Waals surface area contributed by atoms with Gasteiger partial charge in [0, 0.05) is 0 Å². The molecule has 0 radical (unpaired) electrons. The highest BCUT2D eigenvalue weighted by molar-refractivity contribution is 5.86. The van der Waals surface area contributed by atoms with Crippen LogP contribution in [0.25, 0.3) is 22.1 Å². The molecule has 5 heteroatoms. The number of ether oxygens (including phenoxy) is 1. The molecular weight excluding hydrogens is 366 g/mol. The van der Waals surface area contributed by atoms with Crippen molar-refractivity contribution < 1.29 is 19.2 Å². The Balaban J connectivity index is 1.80. The molecule has 152 valence electrons. The Hall–Kier alpha value is -2.79. The summed E-state index contributed by atoms with van der Waals surface area (Å²) in [5, 5.41) is 11.1. The molecule has 1 aliphatic heterocycles. The molecule has 1 saturated heterocycles. The summed E-state index contributed by atoms with van der Waals surface area (Å²) >= 11 is 0. The number of fused-ring (bicyclic) bond motifs is 1. The maximum Gasteiger partial charge on any atom is 0.200 e. The van der Waals surface area contributed by atoms with Crippen molar-refractivity contribution >= 4 is 11.0 Å². The molecule has 29 heavy (non-hydrogen) atoms. The lowest BCUT2D eigenvalue weighted by atomic mass is 10.0. The molecule has 0 saturated carbocycles. The van der Waals surface area contributed by atoms with Crippen molar-refractivity contribution in [1.82, 2.24) is 0 Å². The zero-order valence-corrected chi connectivity index (χ0v) is 17.1. The van der Waals surface area contributed by atoms with Gasteiger partial charge in [-0.1, -0.05) is 12.1 Å². The highest BCUT2D eigenvalue weighted by Gasteiger charge is 2.22. The standard InChI is InChI=1S/C24H27NO4/c1-16-22(17-7-9-18(28-2)10-8-17)23(27)19-11-12-21(26)20(24(19)29-16)15-25-13-5-3-4-6-14-25/h7-12,26H,3-6,13-15H2,1-2H3/p+1. The number of hydrogen-bond donors (Lipinski definition) is 2. The van der Waals surface area contributed by atoms with Gasteiger partial charge in [0.2, 0.25) is 5.43 Å². The predicted octanol–water partition coefficient (Wildman–Crippen LogP) is 3.44. The summed E-state index contributed by atoms with van der Waals surface area (Å²) in [5.74, 6) is 1.50. The van der Waals surface area contributed by atoms with E-state index in [4.69, 9.17) is 9.15 Å². The van der Waals surface area contributed by atoms with E-state index in [2.05, 4.69) is 0 Å². The molecule has 0 unspecified atom stereocenters. The number of aromatic hydroxyl groups is 1. The van der Waals surface area contributed by atoms with Crippen LogP contribution >= 0.6 is 0 Å². The Morgan fingerprint density at radius 3 is 2.38 bits per heavy atom. The van der Waals surface area contributed by atoms with Crippen molar-refractivity contribution in [3.05, 3.63) is 57.9 Å². The van der Waals surface area contributed by atoms with Gasteiger partial charge in [0.05, 0.1) is 36.7 Å². The van der Waals surface area contributed by atoms with Crippen molar-refractivity contribution in [2.24, 2.45) is 0 Å². The number of rotatable bonds is 4. The van der Waals surface area contributed by atoms with E-state index in [0.29, 0.717) is 28.8 Å². The van der Waals surface area contributed by atoms with Crippen molar-refractivity contribution in [2.75, 3.05) is 20.2 Å². The maximum atomic E-state index is 13.3. The summed E-state index contributed by atoms with van der Waals surface area (Å²) in [6, 6.07) is 10.7. The summed E-state index contributed by atoms with van der Waals surface area (Å²) in [5.41, 5.74) is 2.54. The smallest absolute Gasteiger partial charge is 0.200 e. The van der Waals surface area contributed by atoms with E-state index in [0.717, 1.165) is 30.0 Å². The second-order valence-electron chi connectivity index (χ2n) is 7.87. The van der Waals surface area contributed by atoms with Gasteiger partial charge in [-0.2, -0.15) is 0 Å². The van der Waals surface area contributed by atoms with Crippen LogP contribution in [-0.4, -0.2) is 25.3 Å². The van der Waals surface area contributed by atoms with Crippen molar-refractivity contribution in [1.29, 1.82) is 0 Å². The van der Waals surface area contributed by atoms with Gasteiger partial charge >= 0.3 is 0 Å². The summed E-state index contributed by atoms with van der Waals surface area (Å²) < 4.78 is 11.4. The monoisotopic (exact) mass is 394 g/mol. The molecule has 0 amide bonds. The van der Waals surface area contributed by atoms with Crippen LogP contribution in [0.5, 0.6) is 11.5 Å². The third-order valence-electron chi connectivity index (χ3n) is 5.93. The lowest BCUT2D eigenvalue weighted by Crippen LogP contribution is -3.10. The highest BCUT2D eigenvalue weighted by Crippen LogP contribution is 2.30. The van der Waals surface area contributed by atoms with Crippen LogP contribution in [0.3, 0.4) is 0 Å². The van der Waals surface area contributed by atoms with Crippen LogP contribution in [0, 0.1) is 6.92 Å². The molecule has 0 atom stereocenters. The van der Waals surface area contributed by atoms with E-state index in [-0.39, 0.29) is 11.2 Å². The van der Waals surface area contributed by atoms with Gasteiger partial charge in [-0.25, -0.2) is 0 Å². The molecule has 0 aliphatic carbocycles. The molecule has 2 aromatic carbocycles. The Labute approximate surface area is 170 Å². The number of phenolic OH excluding ortho intramolecular Hbond substituents is 1. The van der Waals surface area contributed by atoms with Gasteiger partial charge in [0.1, 0.15) is 23.8 Å². The van der Waals surface area contributed by atoms with Crippen LogP contribution in [0.4, 0.5) is 0 Å². The van der Waals surface area contributed by atoms with Gasteiger partial charge in [0.25, 0.3) is 0 Å². The van der Waals surface area contributed by atoms with E-state index >= 15 is 0 Å². The number of nitrogens with one attached hydrogen (secondary N) is 1. The zero-order chi connectivity index (χ0) is 20.4. The third kappa shape index (κ3) is 3.87. The van der Waals surface area contributed by atoms with Crippen molar-refractivity contribution in [3.8, 4) is 22.6 Å². The Morgan fingerprint density at radius 1 is 1.03 bits per heavy atom. The average Bonchev–Trinajstić information content (AvgIpc) is 2.99. The molecular formula is C24H28NO4+. The van der Waals surface area contributed by atoms with Gasteiger partial charge in [-0.3, -0.25) is 4.79 Å². The van der Waals surface area contributed by atoms with E-state index in [1.54, 1.807) is 19.2 Å². The summed E-state index contributed by atoms with van der Waals surface area (Å²) in [6.07, 6.45) is 4.94. The Kier molecular flexibility index (Phi) is 5.58. The molecule has 1 fully saturated rings. The number of phenols is 1. The molecule has 1 aliphatic rings. The fourth-order valence-electron chi connectivity index (χ4n) is 4.33. The molecule has 5 nitrogen and oxygen atoms in total. The highest BCUT2D eigenvalue weighted by atomic mass is 16.5. The van der Waals surface area contributed by atoms with E-state index in [1.165, 1.54) is 30.6 Å². The second kappa shape index (κ2) is 8.29. The quantitative estimate of drug-likeness (QED) is 0.712. The SMILES string of the molecule is COc1ccc(-c2c(C)oc3c(C[NH+]4CCCCCC4)c(O)ccc3c2=O)cc1. The van der Waals surface area contributed by atoms with Crippen molar-refractivity contribution in [2.45, 2.75) is 39.2 Å². The first kappa shape index (κ1) is 19.5. The molecule has 3 aromatic rings. The topological polar surface area (TPSA) is 64.1 Å². The molecule has 0 spiro atoms. The Bertz CT molecular complexity index is 1060. The minimum Gasteiger partial charge on any atom is -0.507 e. The fourth-order valence-corrected chi connectivity index (χ4v) is 4.33. The van der Waals surface area contributed by atoms with E-state index < -0.39 is 0 Å². The molecule has 4 rings (SSSR count). The van der Waals surface area contributed by atoms with E-state index in [1.807, 2.05) is 31.2 Å². The molecule has 2 heterocycles. The summed E-state index contributed by atoms with van der Waals surface area (Å²) in [7, 11) is 1.62. The second-order valence-corrected chi connectivity index (χ2v) is 7.87. The largest absolute Gasteiger partial charge is 0.507 e. The number of aryl methyl sites for hydroxylation is 1. The summed E-state index contributed by atoms with van der Waals surface area (Å²) in [6.45, 7) is 4.66. The lowest BCUT2D eigenvalue weighted by Gasteiger charge is -2.19. The first-order chi connectivity index (χ1) is 14.1. The normalized spacial score (nSPS) is 15.4. The van der Waals surface area contributed by atoms with Crippen LogP contribution in [0.1, 0.15) is 37.0 Å². The van der Waals surface area contributed by atoms with Crippen molar-refractivity contribution in [3.63, 3.8) is 0 Å². The number of quaternary nitrogens is 1. The number of likely N-dealkylation sites (tertiary alicyclic amines) is 1. The number of hydrogen-bond acceptors (Lipinski definition) is 4. The minimum atomic E-state index is -0.0685. The van der Waals surface area contributed by atoms with Crippen LogP contribution in [0.2, 0.25) is 0 Å². The van der Waals surface area contributed by atoms with Crippen LogP contribution in [0.15, 0.2) is 45.6 Å². The first-order valence-electron chi connectivity index (χ1n) is 10.3. The Morgan fingerprint density at radius 2 is 1.72 bits per heavy atom.